The monoisotopic (exact) mass is 283 g/mol. The molecule has 3 aromatic rings. The molecule has 0 unspecified atom stereocenters. The molecule has 0 amide bonds. The van der Waals surface area contributed by atoms with E-state index in [0.29, 0.717) is 10.8 Å². The van der Waals surface area contributed by atoms with Crippen molar-refractivity contribution in [1.29, 1.82) is 0 Å². The molecular weight excluding hydrogens is 270 g/mol. The number of hydrogen-bond donors (Lipinski definition) is 2. The molecule has 1 heterocycles. The van der Waals surface area contributed by atoms with Gasteiger partial charge in [0, 0.05) is 17.0 Å². The molecule has 0 aliphatic carbocycles. The van der Waals surface area contributed by atoms with Crippen molar-refractivity contribution in [2.24, 2.45) is 0 Å². The van der Waals surface area contributed by atoms with Crippen LogP contribution in [0.2, 0.25) is 5.02 Å². The van der Waals surface area contributed by atoms with Gasteiger partial charge in [0.1, 0.15) is 5.82 Å². The summed E-state index contributed by atoms with van der Waals surface area (Å²) in [5.74, 6) is 0.582. The Labute approximate surface area is 122 Å². The fourth-order valence-electron chi connectivity index (χ4n) is 2.25. The summed E-state index contributed by atoms with van der Waals surface area (Å²) < 4.78 is 0. The van der Waals surface area contributed by atoms with Gasteiger partial charge in [-0.3, -0.25) is 5.10 Å². The van der Waals surface area contributed by atoms with Crippen LogP contribution in [0.1, 0.15) is 11.3 Å². The van der Waals surface area contributed by atoms with Crippen LogP contribution in [0.25, 0.3) is 11.1 Å². The number of aromatic nitrogens is 2. The Morgan fingerprint density at radius 1 is 1.00 bits per heavy atom. The van der Waals surface area contributed by atoms with Crippen LogP contribution in [-0.4, -0.2) is 10.2 Å². The van der Waals surface area contributed by atoms with Gasteiger partial charge in [0.05, 0.1) is 5.69 Å². The second kappa shape index (κ2) is 5.39. The third kappa shape index (κ3) is 2.53. The lowest BCUT2D eigenvalue weighted by Gasteiger charge is -2.04. The van der Waals surface area contributed by atoms with E-state index in [1.54, 1.807) is 0 Å². The highest BCUT2D eigenvalue weighted by molar-refractivity contribution is 6.30. The van der Waals surface area contributed by atoms with Crippen molar-refractivity contribution in [2.45, 2.75) is 6.42 Å². The summed E-state index contributed by atoms with van der Waals surface area (Å²) >= 11 is 5.93. The number of anilines is 1. The Kier molecular flexibility index (Phi) is 3.44. The van der Waals surface area contributed by atoms with E-state index in [0.717, 1.165) is 23.2 Å². The summed E-state index contributed by atoms with van der Waals surface area (Å²) in [5, 5.41) is 7.90. The number of benzene rings is 2. The Balaban J connectivity index is 1.99. The average Bonchev–Trinajstić information content (AvgIpc) is 2.82. The van der Waals surface area contributed by atoms with Gasteiger partial charge in [-0.25, -0.2) is 0 Å². The van der Waals surface area contributed by atoms with Crippen LogP contribution in [0.15, 0.2) is 54.6 Å². The van der Waals surface area contributed by atoms with Gasteiger partial charge in [0.2, 0.25) is 0 Å². The van der Waals surface area contributed by atoms with Crippen LogP contribution in [0, 0.1) is 0 Å². The minimum atomic E-state index is 0.582. The first-order chi connectivity index (χ1) is 9.74. The van der Waals surface area contributed by atoms with Gasteiger partial charge < -0.3 is 5.73 Å². The Hall–Kier alpha value is -2.26. The number of hydrogen-bond acceptors (Lipinski definition) is 2. The molecule has 3 nitrogen and oxygen atoms in total. The molecule has 2 aromatic carbocycles. The maximum atomic E-state index is 6.01. The third-order valence-electron chi connectivity index (χ3n) is 3.22. The first kappa shape index (κ1) is 12.8. The standard InChI is InChI=1S/C16H14ClN3/c17-13-8-6-12(7-9-13)15-14(19-20-16(15)18)10-11-4-2-1-3-5-11/h1-9H,10H2,(H3,18,19,20). The second-order valence-electron chi connectivity index (χ2n) is 4.63. The van der Waals surface area contributed by atoms with E-state index < -0.39 is 0 Å². The van der Waals surface area contributed by atoms with E-state index in [4.69, 9.17) is 17.3 Å². The molecule has 3 N–H and O–H groups in total. The normalized spacial score (nSPS) is 10.7. The zero-order valence-electron chi connectivity index (χ0n) is 10.8. The maximum Gasteiger partial charge on any atom is 0.127 e. The molecular formula is C16H14ClN3. The Bertz CT molecular complexity index is 702. The van der Waals surface area contributed by atoms with Crippen molar-refractivity contribution in [1.82, 2.24) is 10.2 Å². The van der Waals surface area contributed by atoms with Crippen molar-refractivity contribution in [3.63, 3.8) is 0 Å². The second-order valence-corrected chi connectivity index (χ2v) is 5.06. The molecule has 0 spiro atoms. The van der Waals surface area contributed by atoms with Gasteiger partial charge in [-0.15, -0.1) is 0 Å². The highest BCUT2D eigenvalue weighted by atomic mass is 35.5. The molecule has 0 saturated heterocycles. The number of nitrogens with two attached hydrogens (primary N) is 1. The Morgan fingerprint density at radius 2 is 1.70 bits per heavy atom. The number of nitrogens with one attached hydrogen (secondary N) is 1. The summed E-state index contributed by atoms with van der Waals surface area (Å²) in [6.07, 6.45) is 0.743. The molecule has 0 saturated carbocycles. The molecule has 100 valence electrons. The van der Waals surface area contributed by atoms with Crippen molar-refractivity contribution in [2.75, 3.05) is 5.73 Å². The van der Waals surface area contributed by atoms with Gasteiger partial charge in [-0.05, 0) is 23.3 Å². The first-order valence-electron chi connectivity index (χ1n) is 6.36. The summed E-state index contributed by atoms with van der Waals surface area (Å²) in [6.45, 7) is 0. The van der Waals surface area contributed by atoms with Gasteiger partial charge >= 0.3 is 0 Å². The maximum absolute atomic E-state index is 6.01. The number of nitrogen functional groups attached to an aromatic ring is 1. The van der Waals surface area contributed by atoms with Crippen LogP contribution < -0.4 is 5.73 Å². The molecule has 0 atom stereocenters. The van der Waals surface area contributed by atoms with E-state index in [1.165, 1.54) is 5.56 Å². The Morgan fingerprint density at radius 3 is 2.40 bits per heavy atom. The van der Waals surface area contributed by atoms with Gasteiger partial charge in [0.15, 0.2) is 0 Å². The summed E-state index contributed by atoms with van der Waals surface area (Å²) in [7, 11) is 0. The lowest BCUT2D eigenvalue weighted by Crippen LogP contribution is -1.93. The van der Waals surface area contributed by atoms with E-state index in [1.807, 2.05) is 42.5 Å². The number of H-pyrrole nitrogens is 1. The predicted octanol–water partition coefficient (Wildman–Crippen LogP) is 3.90. The lowest BCUT2D eigenvalue weighted by molar-refractivity contribution is 1.00. The number of halogens is 1. The number of nitrogens with zero attached hydrogens (tertiary/aromatic N) is 1. The van der Waals surface area contributed by atoms with Crippen molar-refractivity contribution < 1.29 is 0 Å². The molecule has 0 fully saturated rings. The van der Waals surface area contributed by atoms with Crippen LogP contribution >= 0.6 is 11.6 Å². The van der Waals surface area contributed by atoms with Crippen LogP contribution in [-0.2, 0) is 6.42 Å². The lowest BCUT2D eigenvalue weighted by atomic mass is 10.0. The fraction of sp³-hybridized carbons (Fsp3) is 0.0625. The van der Waals surface area contributed by atoms with E-state index >= 15 is 0 Å². The minimum Gasteiger partial charge on any atom is -0.384 e. The fourth-order valence-corrected chi connectivity index (χ4v) is 2.38. The molecule has 1 aromatic heterocycles. The zero-order valence-corrected chi connectivity index (χ0v) is 11.6. The molecule has 3 rings (SSSR count). The molecule has 0 radical (unpaired) electrons. The van der Waals surface area contributed by atoms with E-state index in [9.17, 15) is 0 Å². The molecule has 4 heteroatoms. The quantitative estimate of drug-likeness (QED) is 0.766. The van der Waals surface area contributed by atoms with Crippen LogP contribution in [0.3, 0.4) is 0 Å². The molecule has 0 aliphatic heterocycles. The van der Waals surface area contributed by atoms with Gasteiger partial charge in [-0.2, -0.15) is 5.10 Å². The summed E-state index contributed by atoms with van der Waals surface area (Å²) in [6, 6.07) is 17.8. The average molecular weight is 284 g/mol. The smallest absolute Gasteiger partial charge is 0.127 e. The largest absolute Gasteiger partial charge is 0.384 e. The van der Waals surface area contributed by atoms with E-state index in [2.05, 4.69) is 22.3 Å². The molecule has 0 bridgehead atoms. The third-order valence-corrected chi connectivity index (χ3v) is 3.47. The molecule has 0 aliphatic rings. The first-order valence-corrected chi connectivity index (χ1v) is 6.74. The summed E-state index contributed by atoms with van der Waals surface area (Å²) in [5.41, 5.74) is 10.1. The highest BCUT2D eigenvalue weighted by Gasteiger charge is 2.13. The SMILES string of the molecule is Nc1[nH]nc(Cc2ccccc2)c1-c1ccc(Cl)cc1. The number of rotatable bonds is 3. The summed E-state index contributed by atoms with van der Waals surface area (Å²) in [4.78, 5) is 0. The van der Waals surface area contributed by atoms with Crippen molar-refractivity contribution in [3.8, 4) is 11.1 Å². The number of aromatic amines is 1. The van der Waals surface area contributed by atoms with E-state index in [-0.39, 0.29) is 0 Å². The van der Waals surface area contributed by atoms with Crippen molar-refractivity contribution in [3.05, 3.63) is 70.9 Å². The van der Waals surface area contributed by atoms with Crippen LogP contribution in [0.4, 0.5) is 5.82 Å². The topological polar surface area (TPSA) is 54.7 Å². The van der Waals surface area contributed by atoms with Gasteiger partial charge in [-0.1, -0.05) is 54.1 Å². The van der Waals surface area contributed by atoms with Gasteiger partial charge in [0.25, 0.3) is 0 Å². The minimum absolute atomic E-state index is 0.582. The predicted molar refractivity (Wildman–Crippen MR) is 82.7 cm³/mol. The van der Waals surface area contributed by atoms with Crippen molar-refractivity contribution >= 4 is 17.4 Å². The highest BCUT2D eigenvalue weighted by Crippen LogP contribution is 2.30. The zero-order chi connectivity index (χ0) is 13.9. The van der Waals surface area contributed by atoms with Crippen LogP contribution in [0.5, 0.6) is 0 Å². The molecule has 20 heavy (non-hydrogen) atoms.